The molecule has 70 valence electrons. The van der Waals surface area contributed by atoms with Crippen molar-refractivity contribution in [3.8, 4) is 0 Å². The van der Waals surface area contributed by atoms with Crippen LogP contribution >= 0.6 is 0 Å². The van der Waals surface area contributed by atoms with Crippen LogP contribution in [-0.4, -0.2) is 30.8 Å². The Morgan fingerprint density at radius 2 is 2.17 bits per heavy atom. The molecule has 0 spiro atoms. The third-order valence-corrected chi connectivity index (χ3v) is 3.60. The first kappa shape index (κ1) is 9.51. The van der Waals surface area contributed by atoms with Crippen LogP contribution in [0.3, 0.4) is 0 Å². The second-order valence-corrected chi connectivity index (χ2v) is 5.40. The second-order valence-electron chi connectivity index (χ2n) is 3.04. The Hall–Kier alpha value is -0.580. The van der Waals surface area contributed by atoms with E-state index in [2.05, 4.69) is 5.16 Å². The molecule has 0 aromatic heterocycles. The average Bonchev–Trinajstić information content (AvgIpc) is 2.83. The molecule has 1 saturated carbocycles. The number of oxime groups is 1. The van der Waals surface area contributed by atoms with E-state index >= 15 is 0 Å². The van der Waals surface area contributed by atoms with Crippen LogP contribution in [0.5, 0.6) is 0 Å². The summed E-state index contributed by atoms with van der Waals surface area (Å²) in [6, 6.07) is 0. The highest BCUT2D eigenvalue weighted by molar-refractivity contribution is 7.92. The van der Waals surface area contributed by atoms with Crippen LogP contribution in [-0.2, 0) is 9.84 Å². The molecule has 0 bridgehead atoms. The van der Waals surface area contributed by atoms with Crippen molar-refractivity contribution in [2.75, 3.05) is 11.5 Å². The maximum Gasteiger partial charge on any atom is 0.155 e. The molecule has 5 heteroatoms. The van der Waals surface area contributed by atoms with Crippen molar-refractivity contribution >= 4 is 15.5 Å². The third kappa shape index (κ3) is 2.48. The molecule has 4 nitrogen and oxygen atoms in total. The van der Waals surface area contributed by atoms with Crippen LogP contribution in [0.15, 0.2) is 5.16 Å². The Kier molecular flexibility index (Phi) is 2.72. The number of hydrogen-bond acceptors (Lipinski definition) is 4. The lowest BCUT2D eigenvalue weighted by molar-refractivity contribution is 0.317. The summed E-state index contributed by atoms with van der Waals surface area (Å²) in [7, 11) is -3.03. The van der Waals surface area contributed by atoms with Crippen molar-refractivity contribution in [3.63, 3.8) is 0 Å². The van der Waals surface area contributed by atoms with Gasteiger partial charge < -0.3 is 5.21 Å². The van der Waals surface area contributed by atoms with E-state index < -0.39 is 9.84 Å². The maximum atomic E-state index is 11.1. The van der Waals surface area contributed by atoms with Gasteiger partial charge in [-0.1, -0.05) is 12.1 Å². The summed E-state index contributed by atoms with van der Waals surface area (Å²) >= 11 is 0. The highest BCUT2D eigenvalue weighted by Gasteiger charge is 2.30. The number of nitrogens with zero attached hydrogens (tertiary/aromatic N) is 1. The molecule has 1 fully saturated rings. The van der Waals surface area contributed by atoms with Crippen molar-refractivity contribution in [1.29, 1.82) is 0 Å². The van der Waals surface area contributed by atoms with E-state index in [1.807, 2.05) is 0 Å². The summed E-state index contributed by atoms with van der Waals surface area (Å²) in [6.45, 7) is 1.59. The van der Waals surface area contributed by atoms with Gasteiger partial charge in [0, 0.05) is 11.7 Å². The molecule has 1 aliphatic carbocycles. The first-order valence-corrected chi connectivity index (χ1v) is 5.82. The smallest absolute Gasteiger partial charge is 0.155 e. The first-order valence-electron chi connectivity index (χ1n) is 4.00. The fourth-order valence-corrected chi connectivity index (χ4v) is 1.92. The molecule has 0 aromatic rings. The van der Waals surface area contributed by atoms with Crippen molar-refractivity contribution in [3.05, 3.63) is 0 Å². The molecule has 0 unspecified atom stereocenters. The van der Waals surface area contributed by atoms with Gasteiger partial charge in [-0.25, -0.2) is 8.42 Å². The highest BCUT2D eigenvalue weighted by Crippen LogP contribution is 2.31. The van der Waals surface area contributed by atoms with Gasteiger partial charge in [0.25, 0.3) is 0 Å². The Balaban J connectivity index is 2.59. The van der Waals surface area contributed by atoms with Gasteiger partial charge in [-0.2, -0.15) is 0 Å². The van der Waals surface area contributed by atoms with Gasteiger partial charge >= 0.3 is 0 Å². The first-order chi connectivity index (χ1) is 5.59. The summed E-state index contributed by atoms with van der Waals surface area (Å²) in [6.07, 6.45) is 1.91. The third-order valence-electron chi connectivity index (χ3n) is 1.98. The van der Waals surface area contributed by atoms with Gasteiger partial charge in [0.05, 0.1) is 11.5 Å². The molecule has 0 heterocycles. The van der Waals surface area contributed by atoms with Crippen LogP contribution < -0.4 is 0 Å². The molecule has 0 aromatic carbocycles. The molecule has 1 aliphatic rings. The predicted molar refractivity (Wildman–Crippen MR) is 46.3 cm³/mol. The highest BCUT2D eigenvalue weighted by atomic mass is 32.2. The monoisotopic (exact) mass is 191 g/mol. The average molecular weight is 191 g/mol. The molecular weight excluding hydrogens is 178 g/mol. The zero-order chi connectivity index (χ0) is 9.19. The number of hydrogen-bond donors (Lipinski definition) is 1. The summed E-state index contributed by atoms with van der Waals surface area (Å²) in [5, 5.41) is 11.5. The Morgan fingerprint density at radius 1 is 1.58 bits per heavy atom. The van der Waals surface area contributed by atoms with E-state index in [1.165, 1.54) is 0 Å². The lowest BCUT2D eigenvalue weighted by Gasteiger charge is -2.01. The van der Waals surface area contributed by atoms with Crippen LogP contribution in [0, 0.1) is 5.92 Å². The van der Waals surface area contributed by atoms with Gasteiger partial charge in [0.2, 0.25) is 0 Å². The minimum Gasteiger partial charge on any atom is -0.411 e. The predicted octanol–water partition coefficient (Wildman–Crippen LogP) is 0.661. The molecular formula is C7H13NO3S. The lowest BCUT2D eigenvalue weighted by Crippen LogP contribution is -2.19. The van der Waals surface area contributed by atoms with Crippen molar-refractivity contribution in [2.24, 2.45) is 11.1 Å². The summed E-state index contributed by atoms with van der Waals surface area (Å²) in [4.78, 5) is 0. The topological polar surface area (TPSA) is 66.7 Å². The van der Waals surface area contributed by atoms with E-state index in [1.54, 1.807) is 6.92 Å². The van der Waals surface area contributed by atoms with E-state index in [0.29, 0.717) is 5.71 Å². The van der Waals surface area contributed by atoms with Crippen LogP contribution in [0.2, 0.25) is 0 Å². The van der Waals surface area contributed by atoms with Crippen LogP contribution in [0.1, 0.15) is 19.8 Å². The normalized spacial score (nSPS) is 19.6. The molecule has 0 atom stereocenters. The SMILES string of the molecule is CCS(=O)(=O)C/C(=N\O)C1CC1. The van der Waals surface area contributed by atoms with Crippen molar-refractivity contribution in [1.82, 2.24) is 0 Å². The summed E-state index contributed by atoms with van der Waals surface area (Å²) in [5.41, 5.74) is 0.428. The molecule has 0 saturated heterocycles. The number of rotatable bonds is 4. The lowest BCUT2D eigenvalue weighted by atomic mass is 10.3. The summed E-state index contributed by atoms with van der Waals surface area (Å²) in [5.74, 6) is 0.250. The van der Waals surface area contributed by atoms with Crippen molar-refractivity contribution in [2.45, 2.75) is 19.8 Å². The minimum atomic E-state index is -3.03. The van der Waals surface area contributed by atoms with Crippen molar-refractivity contribution < 1.29 is 13.6 Å². The van der Waals surface area contributed by atoms with E-state index in [0.717, 1.165) is 12.8 Å². The second kappa shape index (κ2) is 3.43. The Labute approximate surface area is 72.2 Å². The van der Waals surface area contributed by atoms with Crippen LogP contribution in [0.4, 0.5) is 0 Å². The van der Waals surface area contributed by atoms with Gasteiger partial charge in [0.1, 0.15) is 0 Å². The van der Waals surface area contributed by atoms with E-state index in [4.69, 9.17) is 5.21 Å². The molecule has 1 N–H and O–H groups in total. The zero-order valence-electron chi connectivity index (χ0n) is 7.02. The Bertz CT molecular complexity index is 277. The largest absolute Gasteiger partial charge is 0.411 e. The van der Waals surface area contributed by atoms with E-state index in [9.17, 15) is 8.42 Å². The van der Waals surface area contributed by atoms with E-state index in [-0.39, 0.29) is 17.4 Å². The van der Waals surface area contributed by atoms with Crippen LogP contribution in [0.25, 0.3) is 0 Å². The Morgan fingerprint density at radius 3 is 2.50 bits per heavy atom. The summed E-state index contributed by atoms with van der Waals surface area (Å²) < 4.78 is 22.2. The molecule has 0 radical (unpaired) electrons. The zero-order valence-corrected chi connectivity index (χ0v) is 7.84. The minimum absolute atomic E-state index is 0.0787. The molecule has 0 amide bonds. The van der Waals surface area contributed by atoms with Gasteiger partial charge in [-0.05, 0) is 12.8 Å². The molecule has 0 aliphatic heterocycles. The quantitative estimate of drug-likeness (QED) is 0.403. The van der Waals surface area contributed by atoms with Gasteiger partial charge in [0.15, 0.2) is 9.84 Å². The van der Waals surface area contributed by atoms with Gasteiger partial charge in [-0.3, -0.25) is 0 Å². The number of sulfone groups is 1. The fraction of sp³-hybridized carbons (Fsp3) is 0.857. The fourth-order valence-electron chi connectivity index (χ4n) is 0.972. The standard InChI is InChI=1S/C7H13NO3S/c1-2-12(10,11)5-7(8-9)6-3-4-6/h6,9H,2-5H2,1H3/b8-7+. The molecule has 1 rings (SSSR count). The van der Waals surface area contributed by atoms with Gasteiger partial charge in [-0.15, -0.1) is 0 Å². The maximum absolute atomic E-state index is 11.1. The molecule has 12 heavy (non-hydrogen) atoms.